The van der Waals surface area contributed by atoms with Crippen LogP contribution in [0.1, 0.15) is 37.0 Å². The van der Waals surface area contributed by atoms with Gasteiger partial charge in [0.2, 0.25) is 15.8 Å². The predicted molar refractivity (Wildman–Crippen MR) is 111 cm³/mol. The van der Waals surface area contributed by atoms with E-state index in [1.54, 1.807) is 6.92 Å². The first kappa shape index (κ1) is 21.1. The Morgan fingerprint density at radius 3 is 2.48 bits per heavy atom. The van der Waals surface area contributed by atoms with E-state index in [0.717, 1.165) is 0 Å². The lowest BCUT2D eigenvalue weighted by Crippen LogP contribution is -2.40. The van der Waals surface area contributed by atoms with Crippen LogP contribution in [-0.2, 0) is 14.8 Å². The minimum Gasteiger partial charge on any atom is -0.475 e. The van der Waals surface area contributed by atoms with Gasteiger partial charge in [0.25, 0.3) is 17.8 Å². The number of pyridine rings is 1. The summed E-state index contributed by atoms with van der Waals surface area (Å²) in [5.41, 5.74) is 0.533. The minimum absolute atomic E-state index is 0.0184. The van der Waals surface area contributed by atoms with E-state index in [4.69, 9.17) is 9.84 Å². The molecule has 13 nitrogen and oxygen atoms in total. The second-order valence-electron chi connectivity index (χ2n) is 7.38. The quantitative estimate of drug-likeness (QED) is 0.498. The maximum absolute atomic E-state index is 13.3. The number of aromatic nitrogens is 4. The number of rotatable bonds is 4. The van der Waals surface area contributed by atoms with Crippen molar-refractivity contribution < 1.29 is 32.6 Å². The van der Waals surface area contributed by atoms with E-state index in [0.29, 0.717) is 10.4 Å². The van der Waals surface area contributed by atoms with Crippen molar-refractivity contribution in [2.75, 3.05) is 31.2 Å². The van der Waals surface area contributed by atoms with Crippen molar-refractivity contribution in [3.05, 3.63) is 40.8 Å². The molecule has 2 N–H and O–H groups in total. The number of fused-ring (bicyclic) bond motifs is 3. The number of ether oxygens (including phenoxy) is 1. The number of aromatic carboxylic acids is 1. The van der Waals surface area contributed by atoms with Crippen LogP contribution in [0.3, 0.4) is 0 Å². The molecule has 4 heterocycles. The maximum Gasteiger partial charge on any atom is 0.373 e. The van der Waals surface area contributed by atoms with E-state index in [2.05, 4.69) is 20.2 Å². The molecule has 0 spiro atoms. The number of aromatic amines is 1. The first-order valence-electron chi connectivity index (χ1n) is 9.77. The Hall–Kier alpha value is -3.75. The van der Waals surface area contributed by atoms with Gasteiger partial charge in [-0.15, -0.1) is 5.10 Å². The summed E-state index contributed by atoms with van der Waals surface area (Å²) in [5.74, 6) is -3.96. The van der Waals surface area contributed by atoms with Gasteiger partial charge >= 0.3 is 5.97 Å². The lowest BCUT2D eigenvalue weighted by atomic mass is 10.0. The SMILES string of the molecule is Cc1nc2ccc(S(=O)(=O)N3CCOCC3)cc2c2c1C(=O)N(c1n[nH]c(C(=O)O)n1)C2=O. The Balaban J connectivity index is 1.65. The van der Waals surface area contributed by atoms with Crippen molar-refractivity contribution >= 4 is 44.7 Å². The average molecular weight is 472 g/mol. The number of nitrogens with zero attached hydrogens (tertiary/aromatic N) is 5. The molecule has 0 atom stereocenters. The number of imide groups is 1. The molecule has 0 unspecified atom stereocenters. The lowest BCUT2D eigenvalue weighted by molar-refractivity contribution is 0.0683. The van der Waals surface area contributed by atoms with Crippen molar-refractivity contribution in [3.63, 3.8) is 0 Å². The number of carbonyl (C=O) groups is 3. The first-order chi connectivity index (χ1) is 15.7. The summed E-state index contributed by atoms with van der Waals surface area (Å²) < 4.78 is 32.7. The van der Waals surface area contributed by atoms with Gasteiger partial charge in [-0.2, -0.15) is 9.29 Å². The molecule has 1 saturated heterocycles. The number of carboxylic acid groups (broad SMARTS) is 1. The predicted octanol–water partition coefficient (Wildman–Crippen LogP) is 0.181. The second kappa shape index (κ2) is 7.40. The normalized spacial score (nSPS) is 17.1. The van der Waals surface area contributed by atoms with Crippen molar-refractivity contribution in [3.8, 4) is 0 Å². The first-order valence-corrected chi connectivity index (χ1v) is 11.2. The summed E-state index contributed by atoms with van der Waals surface area (Å²) in [7, 11) is -3.86. The van der Waals surface area contributed by atoms with Crippen LogP contribution in [0.15, 0.2) is 23.1 Å². The Kier molecular flexibility index (Phi) is 4.73. The highest BCUT2D eigenvalue weighted by Gasteiger charge is 2.42. The Bertz CT molecular complexity index is 1460. The van der Waals surface area contributed by atoms with Gasteiger partial charge in [0.05, 0.1) is 40.4 Å². The van der Waals surface area contributed by atoms with E-state index in [1.807, 2.05) is 0 Å². The van der Waals surface area contributed by atoms with Crippen LogP contribution in [0.25, 0.3) is 10.9 Å². The number of carboxylic acids is 1. The Morgan fingerprint density at radius 2 is 1.82 bits per heavy atom. The van der Waals surface area contributed by atoms with Crippen LogP contribution >= 0.6 is 0 Å². The van der Waals surface area contributed by atoms with Crippen LogP contribution in [-0.4, -0.2) is 82.1 Å². The second-order valence-corrected chi connectivity index (χ2v) is 9.32. The van der Waals surface area contributed by atoms with Gasteiger partial charge in [-0.25, -0.2) is 18.1 Å². The molecule has 14 heteroatoms. The van der Waals surface area contributed by atoms with Crippen molar-refractivity contribution in [1.82, 2.24) is 24.5 Å². The van der Waals surface area contributed by atoms with Crippen LogP contribution in [0.5, 0.6) is 0 Å². The molecular formula is C19H16N6O7S. The highest BCUT2D eigenvalue weighted by atomic mass is 32.2. The van der Waals surface area contributed by atoms with Gasteiger partial charge in [-0.1, -0.05) is 0 Å². The monoisotopic (exact) mass is 472 g/mol. The molecule has 2 aliphatic rings. The topological polar surface area (TPSA) is 176 Å². The summed E-state index contributed by atoms with van der Waals surface area (Å²) in [6, 6.07) is 4.20. The number of hydrogen-bond acceptors (Lipinski definition) is 9. The fourth-order valence-corrected chi connectivity index (χ4v) is 5.33. The van der Waals surface area contributed by atoms with Crippen molar-refractivity contribution in [2.45, 2.75) is 11.8 Å². The van der Waals surface area contributed by atoms with Crippen LogP contribution in [0.4, 0.5) is 5.95 Å². The van der Waals surface area contributed by atoms with Crippen LogP contribution in [0, 0.1) is 6.92 Å². The fourth-order valence-electron chi connectivity index (χ4n) is 3.89. The van der Waals surface area contributed by atoms with E-state index >= 15 is 0 Å². The van der Waals surface area contributed by atoms with Crippen LogP contribution in [0.2, 0.25) is 0 Å². The maximum atomic E-state index is 13.3. The van der Waals surface area contributed by atoms with Gasteiger partial charge in [0, 0.05) is 18.5 Å². The standard InChI is InChI=1S/C19H16N6O7S/c1-9-13-14(17(27)25(16(13)26)19-21-15(18(28)29)22-23-19)11-8-10(2-3-12(11)20-9)33(30,31)24-4-6-32-7-5-24/h2-3,8H,4-7H2,1H3,(H,28,29)(H,21,22,23). The molecule has 2 amide bonds. The van der Waals surface area contributed by atoms with E-state index < -0.39 is 39.6 Å². The minimum atomic E-state index is -3.86. The largest absolute Gasteiger partial charge is 0.475 e. The third kappa shape index (κ3) is 3.18. The van der Waals surface area contributed by atoms with Gasteiger partial charge in [-0.05, 0) is 25.1 Å². The molecule has 1 fully saturated rings. The molecule has 2 aliphatic heterocycles. The summed E-state index contributed by atoms with van der Waals surface area (Å²) in [5, 5.41) is 15.0. The summed E-state index contributed by atoms with van der Waals surface area (Å²) in [4.78, 5) is 46.1. The molecule has 0 bridgehead atoms. The molecule has 3 aromatic rings. The van der Waals surface area contributed by atoms with Gasteiger partial charge in [0.15, 0.2) is 0 Å². The number of anilines is 1. The molecule has 2 aromatic heterocycles. The molecule has 0 radical (unpaired) electrons. The zero-order valence-electron chi connectivity index (χ0n) is 17.1. The van der Waals surface area contributed by atoms with E-state index in [9.17, 15) is 22.8 Å². The smallest absolute Gasteiger partial charge is 0.373 e. The zero-order valence-corrected chi connectivity index (χ0v) is 17.9. The third-order valence-electron chi connectivity index (χ3n) is 5.46. The zero-order chi connectivity index (χ0) is 23.5. The highest BCUT2D eigenvalue weighted by Crippen LogP contribution is 2.34. The number of sulfonamides is 1. The summed E-state index contributed by atoms with van der Waals surface area (Å²) in [6.07, 6.45) is 0. The molecular weight excluding hydrogens is 456 g/mol. The Morgan fingerprint density at radius 1 is 1.12 bits per heavy atom. The lowest BCUT2D eigenvalue weighted by Gasteiger charge is -2.26. The highest BCUT2D eigenvalue weighted by molar-refractivity contribution is 7.89. The molecule has 170 valence electrons. The average Bonchev–Trinajstić information content (AvgIpc) is 3.37. The number of H-pyrrole nitrogens is 1. The fraction of sp³-hybridized carbons (Fsp3) is 0.263. The molecule has 0 saturated carbocycles. The van der Waals surface area contributed by atoms with Crippen molar-refractivity contribution in [2.24, 2.45) is 0 Å². The molecule has 0 aliphatic carbocycles. The van der Waals surface area contributed by atoms with Gasteiger partial charge in [-0.3, -0.25) is 19.7 Å². The van der Waals surface area contributed by atoms with Crippen molar-refractivity contribution in [1.29, 1.82) is 0 Å². The summed E-state index contributed by atoms with van der Waals surface area (Å²) >= 11 is 0. The summed E-state index contributed by atoms with van der Waals surface area (Å²) in [6.45, 7) is 2.50. The van der Waals surface area contributed by atoms with Crippen LogP contribution < -0.4 is 4.90 Å². The number of carbonyl (C=O) groups excluding carboxylic acids is 2. The molecule has 33 heavy (non-hydrogen) atoms. The number of aryl methyl sites for hydroxylation is 1. The number of morpholine rings is 1. The Labute approximate surface area is 186 Å². The third-order valence-corrected chi connectivity index (χ3v) is 7.35. The number of nitrogens with one attached hydrogen (secondary N) is 1. The number of hydrogen-bond donors (Lipinski definition) is 2. The van der Waals surface area contributed by atoms with E-state index in [-0.39, 0.29) is 53.4 Å². The molecule has 1 aromatic carbocycles. The number of benzene rings is 1. The van der Waals surface area contributed by atoms with Gasteiger partial charge in [0.1, 0.15) is 0 Å². The van der Waals surface area contributed by atoms with Gasteiger partial charge < -0.3 is 9.84 Å². The molecule has 5 rings (SSSR count). The number of amides is 2. The van der Waals surface area contributed by atoms with E-state index in [1.165, 1.54) is 22.5 Å².